The molecule has 0 spiro atoms. The van der Waals surface area contributed by atoms with E-state index in [1.54, 1.807) is 0 Å². The van der Waals surface area contributed by atoms with Gasteiger partial charge >= 0.3 is 0 Å². The van der Waals surface area contributed by atoms with Crippen LogP contribution in [0.5, 0.6) is 0 Å². The van der Waals surface area contributed by atoms with E-state index in [9.17, 15) is 0 Å². The Bertz CT molecular complexity index is 416. The van der Waals surface area contributed by atoms with Crippen LogP contribution in [-0.2, 0) is 6.54 Å². The molecule has 0 atom stereocenters. The number of anilines is 1. The van der Waals surface area contributed by atoms with Gasteiger partial charge in [0.1, 0.15) is 5.82 Å². The SMILES string of the molecule is CCCNCc1cc(Br)cnc1N(CC)C1CCCC1. The Kier molecular flexibility index (Phi) is 6.30. The Morgan fingerprint density at radius 1 is 1.35 bits per heavy atom. The lowest BCUT2D eigenvalue weighted by molar-refractivity contribution is 0.604. The summed E-state index contributed by atoms with van der Waals surface area (Å²) in [5.74, 6) is 1.17. The molecule has 1 fully saturated rings. The van der Waals surface area contributed by atoms with Crippen molar-refractivity contribution in [3.05, 3.63) is 22.3 Å². The van der Waals surface area contributed by atoms with Gasteiger partial charge in [-0.15, -0.1) is 0 Å². The van der Waals surface area contributed by atoms with Crippen LogP contribution in [0, 0.1) is 0 Å². The zero-order valence-electron chi connectivity index (χ0n) is 12.7. The maximum Gasteiger partial charge on any atom is 0.133 e. The van der Waals surface area contributed by atoms with Crippen molar-refractivity contribution >= 4 is 21.7 Å². The molecule has 1 N–H and O–H groups in total. The van der Waals surface area contributed by atoms with Gasteiger partial charge in [-0.2, -0.15) is 0 Å². The van der Waals surface area contributed by atoms with Crippen molar-refractivity contribution in [1.82, 2.24) is 10.3 Å². The Balaban J connectivity index is 2.18. The van der Waals surface area contributed by atoms with Crippen molar-refractivity contribution in [2.24, 2.45) is 0 Å². The van der Waals surface area contributed by atoms with E-state index in [2.05, 4.69) is 46.1 Å². The summed E-state index contributed by atoms with van der Waals surface area (Å²) in [5, 5.41) is 3.50. The molecular weight excluding hydrogens is 314 g/mol. The first-order valence-electron chi connectivity index (χ1n) is 7.88. The second-order valence-electron chi connectivity index (χ2n) is 5.54. The molecule has 2 rings (SSSR count). The van der Waals surface area contributed by atoms with Crippen LogP contribution in [0.3, 0.4) is 0 Å². The fourth-order valence-electron chi connectivity index (χ4n) is 3.06. The van der Waals surface area contributed by atoms with Crippen LogP contribution in [0.4, 0.5) is 5.82 Å². The van der Waals surface area contributed by atoms with E-state index in [4.69, 9.17) is 4.98 Å². The summed E-state index contributed by atoms with van der Waals surface area (Å²) < 4.78 is 1.07. The minimum absolute atomic E-state index is 0.679. The van der Waals surface area contributed by atoms with Gasteiger partial charge in [0.05, 0.1) is 0 Å². The fourth-order valence-corrected chi connectivity index (χ4v) is 3.44. The van der Waals surface area contributed by atoms with Gasteiger partial charge in [0.15, 0.2) is 0 Å². The number of rotatable bonds is 7. The molecule has 1 saturated carbocycles. The quantitative estimate of drug-likeness (QED) is 0.757. The highest BCUT2D eigenvalue weighted by Gasteiger charge is 2.24. The summed E-state index contributed by atoms with van der Waals surface area (Å²) in [6.07, 6.45) is 8.44. The zero-order valence-corrected chi connectivity index (χ0v) is 14.2. The summed E-state index contributed by atoms with van der Waals surface area (Å²) >= 11 is 3.55. The smallest absolute Gasteiger partial charge is 0.133 e. The van der Waals surface area contributed by atoms with Gasteiger partial charge in [-0.05, 0) is 54.7 Å². The van der Waals surface area contributed by atoms with Crippen LogP contribution in [0.2, 0.25) is 0 Å². The molecule has 112 valence electrons. The monoisotopic (exact) mass is 339 g/mol. The van der Waals surface area contributed by atoms with E-state index in [-0.39, 0.29) is 0 Å². The van der Waals surface area contributed by atoms with Crippen LogP contribution in [0.15, 0.2) is 16.7 Å². The van der Waals surface area contributed by atoms with Gasteiger partial charge in [-0.25, -0.2) is 4.98 Å². The zero-order chi connectivity index (χ0) is 14.4. The summed E-state index contributed by atoms with van der Waals surface area (Å²) in [5.41, 5.74) is 1.31. The molecule has 1 aliphatic rings. The lowest BCUT2D eigenvalue weighted by atomic mass is 10.1. The number of nitrogens with one attached hydrogen (secondary N) is 1. The van der Waals surface area contributed by atoms with E-state index in [0.29, 0.717) is 6.04 Å². The Morgan fingerprint density at radius 2 is 2.10 bits per heavy atom. The van der Waals surface area contributed by atoms with Gasteiger partial charge in [-0.1, -0.05) is 19.8 Å². The summed E-state index contributed by atoms with van der Waals surface area (Å²) in [6, 6.07) is 2.89. The first-order chi connectivity index (χ1) is 9.76. The number of nitrogens with zero attached hydrogens (tertiary/aromatic N) is 2. The highest BCUT2D eigenvalue weighted by Crippen LogP contribution is 2.30. The summed E-state index contributed by atoms with van der Waals surface area (Å²) in [4.78, 5) is 7.21. The number of halogens is 1. The molecular formula is C16H26BrN3. The third kappa shape index (κ3) is 3.95. The number of hydrogen-bond donors (Lipinski definition) is 1. The van der Waals surface area contributed by atoms with Crippen LogP contribution in [-0.4, -0.2) is 24.1 Å². The molecule has 1 aromatic rings. The van der Waals surface area contributed by atoms with Crippen molar-refractivity contribution in [3.8, 4) is 0 Å². The first-order valence-corrected chi connectivity index (χ1v) is 8.67. The summed E-state index contributed by atoms with van der Waals surface area (Å²) in [7, 11) is 0. The molecule has 0 bridgehead atoms. The van der Waals surface area contributed by atoms with Crippen molar-refractivity contribution < 1.29 is 0 Å². The predicted molar refractivity (Wildman–Crippen MR) is 89.2 cm³/mol. The molecule has 1 aromatic heterocycles. The minimum Gasteiger partial charge on any atom is -0.354 e. The largest absolute Gasteiger partial charge is 0.354 e. The van der Waals surface area contributed by atoms with Crippen LogP contribution >= 0.6 is 15.9 Å². The molecule has 0 saturated heterocycles. The Hall–Kier alpha value is -0.610. The molecule has 3 nitrogen and oxygen atoms in total. The van der Waals surface area contributed by atoms with E-state index in [0.717, 1.165) is 30.5 Å². The Labute approximate surface area is 131 Å². The third-order valence-electron chi connectivity index (χ3n) is 4.03. The molecule has 1 aliphatic carbocycles. The van der Waals surface area contributed by atoms with Gasteiger partial charge < -0.3 is 10.2 Å². The molecule has 4 heteroatoms. The molecule has 20 heavy (non-hydrogen) atoms. The lowest BCUT2D eigenvalue weighted by Gasteiger charge is -2.30. The molecule has 0 aliphatic heterocycles. The van der Waals surface area contributed by atoms with Gasteiger partial charge in [0.2, 0.25) is 0 Å². The number of hydrogen-bond acceptors (Lipinski definition) is 3. The maximum atomic E-state index is 4.71. The van der Waals surface area contributed by atoms with Gasteiger partial charge in [-0.3, -0.25) is 0 Å². The van der Waals surface area contributed by atoms with Crippen molar-refractivity contribution in [2.75, 3.05) is 18.0 Å². The molecule has 0 radical (unpaired) electrons. The van der Waals surface area contributed by atoms with Gasteiger partial charge in [0, 0.05) is 35.4 Å². The van der Waals surface area contributed by atoms with Crippen LogP contribution in [0.25, 0.3) is 0 Å². The minimum atomic E-state index is 0.679. The molecule has 0 amide bonds. The average molecular weight is 340 g/mol. The summed E-state index contributed by atoms with van der Waals surface area (Å²) in [6.45, 7) is 7.44. The molecule has 1 heterocycles. The highest BCUT2D eigenvalue weighted by molar-refractivity contribution is 9.10. The van der Waals surface area contributed by atoms with Crippen molar-refractivity contribution in [3.63, 3.8) is 0 Å². The second kappa shape index (κ2) is 7.99. The number of pyridine rings is 1. The predicted octanol–water partition coefficient (Wildman–Crippen LogP) is 4.11. The van der Waals surface area contributed by atoms with Crippen molar-refractivity contribution in [1.29, 1.82) is 0 Å². The van der Waals surface area contributed by atoms with Crippen LogP contribution in [0.1, 0.15) is 51.5 Å². The van der Waals surface area contributed by atoms with Gasteiger partial charge in [0.25, 0.3) is 0 Å². The standard InChI is InChI=1S/C16H26BrN3/c1-3-9-18-11-13-10-14(17)12-19-16(13)20(4-2)15-7-5-6-8-15/h10,12,15,18H,3-9,11H2,1-2H3. The molecule has 0 aromatic carbocycles. The highest BCUT2D eigenvalue weighted by atomic mass is 79.9. The lowest BCUT2D eigenvalue weighted by Crippen LogP contribution is -2.35. The molecule has 0 unspecified atom stereocenters. The third-order valence-corrected chi connectivity index (χ3v) is 4.46. The van der Waals surface area contributed by atoms with Crippen molar-refractivity contribution in [2.45, 2.75) is 58.5 Å². The average Bonchev–Trinajstić information content (AvgIpc) is 2.96. The van der Waals surface area contributed by atoms with E-state index < -0.39 is 0 Å². The van der Waals surface area contributed by atoms with E-state index >= 15 is 0 Å². The number of aromatic nitrogens is 1. The van der Waals surface area contributed by atoms with E-state index in [1.807, 2.05) is 6.20 Å². The first kappa shape index (κ1) is 15.8. The topological polar surface area (TPSA) is 28.2 Å². The van der Waals surface area contributed by atoms with Crippen LogP contribution < -0.4 is 10.2 Å². The fraction of sp³-hybridized carbons (Fsp3) is 0.688. The normalized spacial score (nSPS) is 15.8. The van der Waals surface area contributed by atoms with E-state index in [1.165, 1.54) is 37.1 Å². The second-order valence-corrected chi connectivity index (χ2v) is 6.45. The Morgan fingerprint density at radius 3 is 2.75 bits per heavy atom. The maximum absolute atomic E-state index is 4.71.